The number of hydrogen-bond donors (Lipinski definition) is 1. The number of benzene rings is 1. The van der Waals surface area contributed by atoms with E-state index >= 15 is 0 Å². The van der Waals surface area contributed by atoms with Crippen LogP contribution in [0.15, 0.2) is 22.7 Å². The standard InChI is InChI=1S/C13H15BrFN3OS/c1-8(2)6-16-7-12-17-18-13(20-12)19-11-5-9(14)3-4-10(11)15/h3-5,8,16H,6-7H2,1-2H3. The zero-order valence-electron chi connectivity index (χ0n) is 11.2. The Bertz CT molecular complexity index is 576. The van der Waals surface area contributed by atoms with Crippen LogP contribution in [0.2, 0.25) is 0 Å². The number of nitrogens with zero attached hydrogens (tertiary/aromatic N) is 2. The second-order valence-corrected chi connectivity index (χ2v) is 6.60. The summed E-state index contributed by atoms with van der Waals surface area (Å²) in [5.41, 5.74) is 0. The van der Waals surface area contributed by atoms with Gasteiger partial charge >= 0.3 is 0 Å². The molecule has 0 unspecified atom stereocenters. The molecule has 0 aliphatic rings. The molecule has 0 spiro atoms. The van der Waals surface area contributed by atoms with E-state index in [9.17, 15) is 4.39 Å². The lowest BCUT2D eigenvalue weighted by Crippen LogP contribution is -2.18. The molecule has 0 saturated carbocycles. The van der Waals surface area contributed by atoms with Crippen molar-refractivity contribution in [2.45, 2.75) is 20.4 Å². The molecule has 20 heavy (non-hydrogen) atoms. The van der Waals surface area contributed by atoms with Gasteiger partial charge in [-0.05, 0) is 30.7 Å². The Morgan fingerprint density at radius 2 is 2.20 bits per heavy atom. The van der Waals surface area contributed by atoms with Gasteiger partial charge in [-0.3, -0.25) is 0 Å². The van der Waals surface area contributed by atoms with Crippen LogP contribution in [0.3, 0.4) is 0 Å². The predicted molar refractivity (Wildman–Crippen MR) is 80.6 cm³/mol. The first-order chi connectivity index (χ1) is 9.54. The maximum Gasteiger partial charge on any atom is 0.299 e. The van der Waals surface area contributed by atoms with E-state index < -0.39 is 5.82 Å². The van der Waals surface area contributed by atoms with Crippen molar-refractivity contribution in [3.63, 3.8) is 0 Å². The average molecular weight is 360 g/mol. The van der Waals surface area contributed by atoms with Crippen molar-refractivity contribution in [2.24, 2.45) is 5.92 Å². The third kappa shape index (κ3) is 4.50. The van der Waals surface area contributed by atoms with Crippen LogP contribution in [-0.4, -0.2) is 16.7 Å². The minimum absolute atomic E-state index is 0.136. The number of aromatic nitrogens is 2. The molecule has 1 aromatic carbocycles. The van der Waals surface area contributed by atoms with Crippen molar-refractivity contribution in [2.75, 3.05) is 6.54 Å². The van der Waals surface area contributed by atoms with Gasteiger partial charge in [-0.2, -0.15) is 0 Å². The minimum Gasteiger partial charge on any atom is -0.427 e. The SMILES string of the molecule is CC(C)CNCc1nnc(Oc2cc(Br)ccc2F)s1. The topological polar surface area (TPSA) is 47.0 Å². The van der Waals surface area contributed by atoms with Crippen molar-refractivity contribution >= 4 is 27.3 Å². The summed E-state index contributed by atoms with van der Waals surface area (Å²) < 4.78 is 19.7. The Morgan fingerprint density at radius 1 is 1.40 bits per heavy atom. The second kappa shape index (κ2) is 7.10. The Labute approximate surface area is 129 Å². The molecule has 2 aromatic rings. The second-order valence-electron chi connectivity index (χ2n) is 4.66. The van der Waals surface area contributed by atoms with Crippen LogP contribution in [0.5, 0.6) is 10.9 Å². The molecular weight excluding hydrogens is 345 g/mol. The molecule has 1 aromatic heterocycles. The summed E-state index contributed by atoms with van der Waals surface area (Å²) in [6.45, 7) is 5.82. The lowest BCUT2D eigenvalue weighted by Gasteiger charge is -2.04. The molecule has 0 radical (unpaired) electrons. The predicted octanol–water partition coefficient (Wildman–Crippen LogP) is 3.98. The molecule has 1 heterocycles. The molecule has 0 aliphatic carbocycles. The van der Waals surface area contributed by atoms with Crippen LogP contribution in [-0.2, 0) is 6.54 Å². The van der Waals surface area contributed by atoms with Gasteiger partial charge in [0, 0.05) is 11.0 Å². The molecule has 7 heteroatoms. The van der Waals surface area contributed by atoms with Gasteiger partial charge in [0.1, 0.15) is 5.01 Å². The fourth-order valence-electron chi connectivity index (χ4n) is 1.47. The summed E-state index contributed by atoms with van der Waals surface area (Å²) >= 11 is 4.58. The molecule has 4 nitrogen and oxygen atoms in total. The minimum atomic E-state index is -0.428. The Kier molecular flexibility index (Phi) is 5.45. The first kappa shape index (κ1) is 15.3. The quantitative estimate of drug-likeness (QED) is 0.847. The molecule has 0 atom stereocenters. The molecule has 0 amide bonds. The van der Waals surface area contributed by atoms with Gasteiger partial charge in [0.15, 0.2) is 11.6 Å². The fraction of sp³-hybridized carbons (Fsp3) is 0.385. The molecular formula is C13H15BrFN3OS. The van der Waals surface area contributed by atoms with Crippen LogP contribution in [0, 0.1) is 11.7 Å². The first-order valence-corrected chi connectivity index (χ1v) is 7.81. The number of nitrogens with one attached hydrogen (secondary N) is 1. The molecule has 2 rings (SSSR count). The highest BCUT2D eigenvalue weighted by atomic mass is 79.9. The summed E-state index contributed by atoms with van der Waals surface area (Å²) in [5, 5.41) is 12.3. The van der Waals surface area contributed by atoms with E-state index in [0.29, 0.717) is 17.7 Å². The van der Waals surface area contributed by atoms with E-state index in [1.165, 1.54) is 17.4 Å². The molecule has 0 bridgehead atoms. The van der Waals surface area contributed by atoms with E-state index in [2.05, 4.69) is 45.3 Å². The van der Waals surface area contributed by atoms with Gasteiger partial charge < -0.3 is 10.1 Å². The summed E-state index contributed by atoms with van der Waals surface area (Å²) in [5.74, 6) is 0.287. The fourth-order valence-corrected chi connectivity index (χ4v) is 2.48. The highest BCUT2D eigenvalue weighted by Gasteiger charge is 2.10. The number of ether oxygens (including phenoxy) is 1. The zero-order valence-corrected chi connectivity index (χ0v) is 13.6. The molecule has 0 fully saturated rings. The lowest BCUT2D eigenvalue weighted by atomic mass is 10.2. The normalized spacial score (nSPS) is 11.1. The highest BCUT2D eigenvalue weighted by Crippen LogP contribution is 2.29. The van der Waals surface area contributed by atoms with E-state index in [-0.39, 0.29) is 5.75 Å². The lowest BCUT2D eigenvalue weighted by molar-refractivity contribution is 0.435. The van der Waals surface area contributed by atoms with E-state index in [1.54, 1.807) is 12.1 Å². The van der Waals surface area contributed by atoms with Crippen LogP contribution in [0.25, 0.3) is 0 Å². The third-order valence-corrected chi connectivity index (χ3v) is 3.66. The van der Waals surface area contributed by atoms with Crippen molar-refractivity contribution in [3.8, 4) is 10.9 Å². The Morgan fingerprint density at radius 3 is 2.95 bits per heavy atom. The number of hydrogen-bond acceptors (Lipinski definition) is 5. The van der Waals surface area contributed by atoms with E-state index in [1.807, 2.05) is 0 Å². The molecule has 108 valence electrons. The summed E-state index contributed by atoms with van der Waals surface area (Å²) in [7, 11) is 0. The highest BCUT2D eigenvalue weighted by molar-refractivity contribution is 9.10. The van der Waals surface area contributed by atoms with Crippen molar-refractivity contribution < 1.29 is 9.13 Å². The Balaban J connectivity index is 1.97. The van der Waals surface area contributed by atoms with Crippen molar-refractivity contribution in [1.29, 1.82) is 0 Å². The van der Waals surface area contributed by atoms with Gasteiger partial charge in [-0.25, -0.2) is 4.39 Å². The maximum absolute atomic E-state index is 13.6. The number of halogens is 2. The number of rotatable bonds is 6. The monoisotopic (exact) mass is 359 g/mol. The molecule has 1 N–H and O–H groups in total. The van der Waals surface area contributed by atoms with E-state index in [0.717, 1.165) is 16.0 Å². The van der Waals surface area contributed by atoms with Gasteiger partial charge in [-0.15, -0.1) is 5.10 Å². The molecule has 0 saturated heterocycles. The average Bonchev–Trinajstić information content (AvgIpc) is 2.81. The van der Waals surface area contributed by atoms with Crippen molar-refractivity contribution in [1.82, 2.24) is 15.5 Å². The summed E-state index contributed by atoms with van der Waals surface area (Å²) in [6.07, 6.45) is 0. The van der Waals surface area contributed by atoms with Crippen molar-refractivity contribution in [3.05, 3.63) is 33.5 Å². The van der Waals surface area contributed by atoms with Crippen LogP contribution in [0.4, 0.5) is 4.39 Å². The maximum atomic E-state index is 13.6. The van der Waals surface area contributed by atoms with Gasteiger partial charge in [0.2, 0.25) is 0 Å². The smallest absolute Gasteiger partial charge is 0.299 e. The third-order valence-electron chi connectivity index (χ3n) is 2.37. The van der Waals surface area contributed by atoms with Crippen LogP contribution < -0.4 is 10.1 Å². The summed E-state index contributed by atoms with van der Waals surface area (Å²) in [6, 6.07) is 4.52. The summed E-state index contributed by atoms with van der Waals surface area (Å²) in [4.78, 5) is 0. The van der Waals surface area contributed by atoms with Crippen LogP contribution in [0.1, 0.15) is 18.9 Å². The Hall–Kier alpha value is -1.05. The van der Waals surface area contributed by atoms with Gasteiger partial charge in [0.25, 0.3) is 5.19 Å². The molecule has 0 aliphatic heterocycles. The van der Waals surface area contributed by atoms with Gasteiger partial charge in [-0.1, -0.05) is 46.2 Å². The largest absolute Gasteiger partial charge is 0.427 e. The zero-order chi connectivity index (χ0) is 14.5. The van der Waals surface area contributed by atoms with E-state index in [4.69, 9.17) is 4.74 Å². The van der Waals surface area contributed by atoms with Gasteiger partial charge in [0.05, 0.1) is 0 Å². The first-order valence-electron chi connectivity index (χ1n) is 6.20. The van der Waals surface area contributed by atoms with Crippen LogP contribution >= 0.6 is 27.3 Å².